The first-order valence-electron chi connectivity index (χ1n) is 6.38. The highest BCUT2D eigenvalue weighted by molar-refractivity contribution is 5.11. The third-order valence-corrected chi connectivity index (χ3v) is 3.81. The molecular weight excluding hydrogens is 200 g/mol. The molecule has 3 N–H and O–H groups in total. The van der Waals surface area contributed by atoms with Gasteiger partial charge < -0.3 is 15.6 Å². The quantitative estimate of drug-likeness (QED) is 0.781. The first-order chi connectivity index (χ1) is 7.84. The topological polar surface area (TPSA) is 55.9 Å². The molecule has 2 aliphatic heterocycles. The summed E-state index contributed by atoms with van der Waals surface area (Å²) >= 11 is 0. The lowest BCUT2D eigenvalue weighted by Gasteiger charge is -2.24. The Labute approximate surface area is 96.2 Å². The molecule has 1 saturated heterocycles. The van der Waals surface area contributed by atoms with Crippen molar-refractivity contribution >= 4 is 0 Å². The predicted molar refractivity (Wildman–Crippen MR) is 63.1 cm³/mol. The molecule has 1 fully saturated rings. The zero-order valence-corrected chi connectivity index (χ0v) is 9.65. The van der Waals surface area contributed by atoms with Crippen LogP contribution in [0.15, 0.2) is 6.20 Å². The van der Waals surface area contributed by atoms with Crippen LogP contribution in [-0.4, -0.2) is 22.1 Å². The van der Waals surface area contributed by atoms with Crippen molar-refractivity contribution in [3.8, 4) is 0 Å². The maximum Gasteiger partial charge on any atom is 0.111 e. The summed E-state index contributed by atoms with van der Waals surface area (Å²) < 4.78 is 2.27. The van der Waals surface area contributed by atoms with Gasteiger partial charge in [0.05, 0.1) is 6.17 Å². The van der Waals surface area contributed by atoms with E-state index in [9.17, 15) is 0 Å². The number of hydrogen-bond acceptors (Lipinski definition) is 3. The van der Waals surface area contributed by atoms with Crippen molar-refractivity contribution in [2.24, 2.45) is 5.73 Å². The number of imidazole rings is 1. The minimum atomic E-state index is 0.155. The van der Waals surface area contributed by atoms with Crippen LogP contribution in [-0.2, 0) is 12.8 Å². The van der Waals surface area contributed by atoms with Crippen molar-refractivity contribution in [1.82, 2.24) is 14.9 Å². The Morgan fingerprint density at radius 2 is 2.38 bits per heavy atom. The molecule has 3 rings (SSSR count). The van der Waals surface area contributed by atoms with Gasteiger partial charge in [0.15, 0.2) is 0 Å². The number of aryl methyl sites for hydroxylation is 1. The number of nitrogens with one attached hydrogen (secondary N) is 1. The Bertz CT molecular complexity index is 365. The summed E-state index contributed by atoms with van der Waals surface area (Å²) in [6.07, 6.45) is 9.21. The Balaban J connectivity index is 1.81. The Kier molecular flexibility index (Phi) is 2.69. The standard InChI is InChI=1S/C12H20N4/c13-11-5-1-4-10-8-15-12(16(10)11)7-9-3-2-6-14-9/h8-9,11,14H,1-7,13H2. The Morgan fingerprint density at radius 3 is 3.19 bits per heavy atom. The molecule has 2 atom stereocenters. The fourth-order valence-corrected chi connectivity index (χ4v) is 2.95. The molecule has 88 valence electrons. The lowest BCUT2D eigenvalue weighted by Crippen LogP contribution is -2.30. The van der Waals surface area contributed by atoms with Crippen LogP contribution in [0.5, 0.6) is 0 Å². The highest BCUT2D eigenvalue weighted by Gasteiger charge is 2.23. The summed E-state index contributed by atoms with van der Waals surface area (Å²) in [6, 6.07) is 0.612. The molecule has 4 heteroatoms. The minimum absolute atomic E-state index is 0.155. The summed E-state index contributed by atoms with van der Waals surface area (Å²) in [7, 11) is 0. The third kappa shape index (κ3) is 1.76. The van der Waals surface area contributed by atoms with Crippen LogP contribution >= 0.6 is 0 Å². The molecule has 1 aromatic rings. The van der Waals surface area contributed by atoms with Crippen LogP contribution in [0.2, 0.25) is 0 Å². The molecular formula is C12H20N4. The van der Waals surface area contributed by atoms with Crippen molar-refractivity contribution < 1.29 is 0 Å². The molecule has 2 unspecified atom stereocenters. The number of hydrogen-bond donors (Lipinski definition) is 2. The maximum absolute atomic E-state index is 6.17. The van der Waals surface area contributed by atoms with Crippen molar-refractivity contribution in [1.29, 1.82) is 0 Å². The summed E-state index contributed by atoms with van der Waals surface area (Å²) in [5.41, 5.74) is 7.49. The number of nitrogens with zero attached hydrogens (tertiary/aromatic N) is 2. The number of fused-ring (bicyclic) bond motifs is 1. The normalized spacial score (nSPS) is 29.3. The molecule has 0 aromatic carbocycles. The summed E-state index contributed by atoms with van der Waals surface area (Å²) in [4.78, 5) is 4.55. The molecule has 2 aliphatic rings. The van der Waals surface area contributed by atoms with Crippen molar-refractivity contribution in [2.45, 2.75) is 50.7 Å². The summed E-state index contributed by atoms with van der Waals surface area (Å²) in [5, 5.41) is 3.52. The predicted octanol–water partition coefficient (Wildman–Crippen LogP) is 0.971. The molecule has 0 bridgehead atoms. The van der Waals surface area contributed by atoms with Gasteiger partial charge in [-0.3, -0.25) is 0 Å². The highest BCUT2D eigenvalue weighted by Crippen LogP contribution is 2.24. The van der Waals surface area contributed by atoms with Gasteiger partial charge in [-0.15, -0.1) is 0 Å². The molecule has 1 aromatic heterocycles. The highest BCUT2D eigenvalue weighted by atomic mass is 15.2. The van der Waals surface area contributed by atoms with E-state index < -0.39 is 0 Å². The molecule has 0 amide bonds. The van der Waals surface area contributed by atoms with E-state index in [0.717, 1.165) is 25.8 Å². The Morgan fingerprint density at radius 1 is 1.44 bits per heavy atom. The van der Waals surface area contributed by atoms with Gasteiger partial charge in [-0.1, -0.05) is 0 Å². The molecule has 3 heterocycles. The minimum Gasteiger partial charge on any atom is -0.316 e. The van der Waals surface area contributed by atoms with Crippen LogP contribution in [0.4, 0.5) is 0 Å². The van der Waals surface area contributed by atoms with Crippen LogP contribution in [0, 0.1) is 0 Å². The maximum atomic E-state index is 6.17. The monoisotopic (exact) mass is 220 g/mol. The fourth-order valence-electron chi connectivity index (χ4n) is 2.95. The molecule has 16 heavy (non-hydrogen) atoms. The van der Waals surface area contributed by atoms with E-state index in [1.54, 1.807) is 0 Å². The zero-order valence-electron chi connectivity index (χ0n) is 9.65. The van der Waals surface area contributed by atoms with Gasteiger partial charge in [-0.05, 0) is 38.6 Å². The van der Waals surface area contributed by atoms with Crippen molar-refractivity contribution in [3.63, 3.8) is 0 Å². The Hall–Kier alpha value is -0.870. The second-order valence-electron chi connectivity index (χ2n) is 4.99. The molecule has 0 saturated carbocycles. The number of aromatic nitrogens is 2. The average molecular weight is 220 g/mol. The van der Waals surface area contributed by atoms with E-state index in [1.165, 1.54) is 30.8 Å². The molecule has 0 radical (unpaired) electrons. The third-order valence-electron chi connectivity index (χ3n) is 3.81. The van der Waals surface area contributed by atoms with E-state index in [2.05, 4.69) is 14.9 Å². The molecule has 4 nitrogen and oxygen atoms in total. The number of rotatable bonds is 2. The van der Waals surface area contributed by atoms with E-state index >= 15 is 0 Å². The van der Waals surface area contributed by atoms with Crippen LogP contribution < -0.4 is 11.1 Å². The second kappa shape index (κ2) is 4.18. The van der Waals surface area contributed by atoms with Crippen molar-refractivity contribution in [3.05, 3.63) is 17.7 Å². The first-order valence-corrected chi connectivity index (χ1v) is 6.38. The van der Waals surface area contributed by atoms with E-state index in [4.69, 9.17) is 5.73 Å². The van der Waals surface area contributed by atoms with Gasteiger partial charge in [0.25, 0.3) is 0 Å². The SMILES string of the molecule is NC1CCCc2cnc(CC3CCCN3)n21. The average Bonchev–Trinajstić information content (AvgIpc) is 2.90. The smallest absolute Gasteiger partial charge is 0.111 e. The largest absolute Gasteiger partial charge is 0.316 e. The van der Waals surface area contributed by atoms with E-state index in [-0.39, 0.29) is 6.17 Å². The van der Waals surface area contributed by atoms with Gasteiger partial charge in [0, 0.05) is 24.4 Å². The summed E-state index contributed by atoms with van der Waals surface area (Å²) in [6.45, 7) is 1.16. The van der Waals surface area contributed by atoms with Crippen LogP contribution in [0.25, 0.3) is 0 Å². The van der Waals surface area contributed by atoms with Crippen LogP contribution in [0.3, 0.4) is 0 Å². The lowest BCUT2D eigenvalue weighted by atomic mass is 10.1. The van der Waals surface area contributed by atoms with E-state index in [0.29, 0.717) is 6.04 Å². The molecule has 0 spiro atoms. The first kappa shape index (κ1) is 10.3. The van der Waals surface area contributed by atoms with Crippen molar-refractivity contribution in [2.75, 3.05) is 6.54 Å². The van der Waals surface area contributed by atoms with Gasteiger partial charge in [0.1, 0.15) is 5.82 Å². The molecule has 0 aliphatic carbocycles. The van der Waals surface area contributed by atoms with Gasteiger partial charge >= 0.3 is 0 Å². The fraction of sp³-hybridized carbons (Fsp3) is 0.750. The number of nitrogens with two attached hydrogens (primary N) is 1. The summed E-state index contributed by atoms with van der Waals surface area (Å²) in [5.74, 6) is 1.18. The van der Waals surface area contributed by atoms with Gasteiger partial charge in [0.2, 0.25) is 0 Å². The van der Waals surface area contributed by atoms with E-state index in [1.807, 2.05) is 6.20 Å². The van der Waals surface area contributed by atoms with Crippen LogP contribution in [0.1, 0.15) is 43.4 Å². The second-order valence-corrected chi connectivity index (χ2v) is 4.99. The van der Waals surface area contributed by atoms with Gasteiger partial charge in [-0.25, -0.2) is 4.98 Å². The van der Waals surface area contributed by atoms with Gasteiger partial charge in [-0.2, -0.15) is 0 Å². The zero-order chi connectivity index (χ0) is 11.0. The lowest BCUT2D eigenvalue weighted by molar-refractivity contribution is 0.395.